The van der Waals surface area contributed by atoms with Crippen molar-refractivity contribution in [2.24, 2.45) is 0 Å². The summed E-state index contributed by atoms with van der Waals surface area (Å²) in [6.45, 7) is 0. The summed E-state index contributed by atoms with van der Waals surface area (Å²) in [4.78, 5) is 26.7. The molecule has 154 valence electrons. The Hall–Kier alpha value is -1.22. The van der Waals surface area contributed by atoms with Crippen LogP contribution in [0.4, 0.5) is 11.4 Å². The molecule has 1 heterocycles. The molecule has 3 rings (SSSR count). The summed E-state index contributed by atoms with van der Waals surface area (Å²) in [6, 6.07) is 16.0. The summed E-state index contributed by atoms with van der Waals surface area (Å²) in [6.07, 6.45) is 1.03. The maximum Gasteiger partial charge on any atom is 0.234 e. The number of anilines is 2. The minimum Gasteiger partial charge on any atom is -0.324 e. The summed E-state index contributed by atoms with van der Waals surface area (Å²) in [7, 11) is 0. The lowest BCUT2D eigenvalue weighted by molar-refractivity contribution is -0.114. The summed E-state index contributed by atoms with van der Waals surface area (Å²) in [5, 5.41) is 6.08. The fourth-order valence-corrected chi connectivity index (χ4v) is 6.48. The maximum absolute atomic E-state index is 12.2. The van der Waals surface area contributed by atoms with Crippen LogP contribution >= 0.6 is 47.0 Å². The quantitative estimate of drug-likeness (QED) is 0.550. The summed E-state index contributed by atoms with van der Waals surface area (Å²) in [5.74, 6) is 4.53. The molecule has 2 N–H and O–H groups in total. The van der Waals surface area contributed by atoms with Crippen molar-refractivity contribution in [1.82, 2.24) is 0 Å². The van der Waals surface area contributed by atoms with Gasteiger partial charge in [0.05, 0.1) is 22.9 Å². The highest BCUT2D eigenvalue weighted by molar-refractivity contribution is 8.03. The lowest BCUT2D eigenvalue weighted by Gasteiger charge is -2.11. The van der Waals surface area contributed by atoms with E-state index in [4.69, 9.17) is 0 Å². The molecule has 1 aliphatic heterocycles. The highest BCUT2D eigenvalue weighted by Gasteiger charge is 2.10. The molecular weight excluding hydrogens is 441 g/mol. The van der Waals surface area contributed by atoms with E-state index in [0.29, 0.717) is 11.5 Å². The Morgan fingerprint density at radius 2 is 1.07 bits per heavy atom. The molecule has 2 aromatic rings. The predicted molar refractivity (Wildman–Crippen MR) is 131 cm³/mol. The number of hydrogen-bond donors (Lipinski definition) is 2. The van der Waals surface area contributed by atoms with Crippen molar-refractivity contribution in [2.45, 2.75) is 16.2 Å². The number of nitrogens with one attached hydrogen (secondary N) is 2. The first kappa shape index (κ1) is 22.5. The minimum absolute atomic E-state index is 0.0229. The second-order valence-corrected chi connectivity index (χ2v) is 10.7. The third-order valence-corrected chi connectivity index (χ3v) is 8.46. The van der Waals surface area contributed by atoms with Crippen LogP contribution in [-0.2, 0) is 9.59 Å². The van der Waals surface area contributed by atoms with Gasteiger partial charge in [-0.2, -0.15) is 23.5 Å². The van der Waals surface area contributed by atoms with Gasteiger partial charge in [0.1, 0.15) is 0 Å². The van der Waals surface area contributed by atoms with Crippen LogP contribution in [0.3, 0.4) is 0 Å². The Kier molecular flexibility index (Phi) is 9.66. The molecule has 29 heavy (non-hydrogen) atoms. The molecular formula is C21H24N2O2S4. The fourth-order valence-electron chi connectivity index (χ4n) is 2.63. The smallest absolute Gasteiger partial charge is 0.234 e. The topological polar surface area (TPSA) is 58.2 Å². The van der Waals surface area contributed by atoms with Crippen molar-refractivity contribution in [2.75, 3.05) is 45.2 Å². The Bertz CT molecular complexity index is 764. The van der Waals surface area contributed by atoms with E-state index in [-0.39, 0.29) is 11.8 Å². The van der Waals surface area contributed by atoms with Crippen LogP contribution in [0.25, 0.3) is 0 Å². The Morgan fingerprint density at radius 3 is 1.55 bits per heavy atom. The highest BCUT2D eigenvalue weighted by Crippen LogP contribution is 2.31. The Labute approximate surface area is 189 Å². The molecule has 1 aliphatic rings. The zero-order valence-corrected chi connectivity index (χ0v) is 19.3. The minimum atomic E-state index is 0.0229. The number of para-hydroxylation sites is 2. The number of benzene rings is 2. The number of thioether (sulfide) groups is 4. The fraction of sp³-hybridized carbons (Fsp3) is 0.333. The molecule has 0 saturated heterocycles. The van der Waals surface area contributed by atoms with Gasteiger partial charge in [0.2, 0.25) is 11.8 Å². The monoisotopic (exact) mass is 464 g/mol. The van der Waals surface area contributed by atoms with Gasteiger partial charge < -0.3 is 10.6 Å². The predicted octanol–water partition coefficient (Wildman–Crippen LogP) is 5.32. The molecule has 0 saturated carbocycles. The second-order valence-electron chi connectivity index (χ2n) is 6.24. The van der Waals surface area contributed by atoms with E-state index in [9.17, 15) is 9.59 Å². The van der Waals surface area contributed by atoms with E-state index >= 15 is 0 Å². The van der Waals surface area contributed by atoms with Crippen LogP contribution < -0.4 is 10.6 Å². The van der Waals surface area contributed by atoms with Gasteiger partial charge in [-0.05, 0) is 42.2 Å². The molecule has 2 aromatic carbocycles. The molecule has 0 fully saturated rings. The van der Waals surface area contributed by atoms with Gasteiger partial charge in [0.15, 0.2) is 0 Å². The van der Waals surface area contributed by atoms with Crippen molar-refractivity contribution in [1.29, 1.82) is 0 Å². The molecule has 0 spiro atoms. The first-order valence-electron chi connectivity index (χ1n) is 9.41. The standard InChI is InChI=1S/C21H24N2O2S4/c24-20-14-26-12-13-27-15-21(25)23-17-7-2-4-9-19(17)29-11-5-10-28-18-8-3-1-6-16(18)22-20/h1-4,6-9H,5,10-15H2,(H,22,24)(H,23,25). The molecule has 4 nitrogen and oxygen atoms in total. The van der Waals surface area contributed by atoms with Crippen molar-refractivity contribution < 1.29 is 9.59 Å². The molecule has 8 heteroatoms. The molecule has 0 aromatic heterocycles. The number of carbonyl (C=O) groups excluding carboxylic acids is 2. The highest BCUT2D eigenvalue weighted by atomic mass is 32.2. The van der Waals surface area contributed by atoms with E-state index < -0.39 is 0 Å². The van der Waals surface area contributed by atoms with Crippen LogP contribution in [0.2, 0.25) is 0 Å². The Balaban J connectivity index is 1.65. The van der Waals surface area contributed by atoms with Gasteiger partial charge >= 0.3 is 0 Å². The summed E-state index contributed by atoms with van der Waals surface area (Å²) >= 11 is 6.73. The van der Waals surface area contributed by atoms with Gasteiger partial charge in [-0.15, -0.1) is 23.5 Å². The largest absolute Gasteiger partial charge is 0.324 e. The van der Waals surface area contributed by atoms with Gasteiger partial charge in [-0.1, -0.05) is 24.3 Å². The summed E-state index contributed by atoms with van der Waals surface area (Å²) in [5.41, 5.74) is 1.78. The van der Waals surface area contributed by atoms with Gasteiger partial charge in [-0.3, -0.25) is 9.59 Å². The number of amides is 2. The SMILES string of the molecule is O=C1CSCCSCC(=O)Nc2ccccc2SCCCSc2ccccc2N1. The van der Waals surface area contributed by atoms with Crippen molar-refractivity contribution >= 4 is 70.2 Å². The number of hydrogen-bond acceptors (Lipinski definition) is 6. The van der Waals surface area contributed by atoms with Crippen LogP contribution in [-0.4, -0.2) is 46.3 Å². The number of fused-ring (bicyclic) bond motifs is 2. The molecule has 0 radical (unpaired) electrons. The molecule has 0 atom stereocenters. The third-order valence-electron chi connectivity index (χ3n) is 3.96. The van der Waals surface area contributed by atoms with Crippen molar-refractivity contribution in [3.63, 3.8) is 0 Å². The third kappa shape index (κ3) is 7.85. The van der Waals surface area contributed by atoms with Gasteiger partial charge in [0, 0.05) is 21.3 Å². The Morgan fingerprint density at radius 1 is 0.621 bits per heavy atom. The van der Waals surface area contributed by atoms with Crippen molar-refractivity contribution in [3.8, 4) is 0 Å². The molecule has 2 amide bonds. The van der Waals surface area contributed by atoms with Gasteiger partial charge in [-0.25, -0.2) is 0 Å². The normalized spacial score (nSPS) is 17.5. The van der Waals surface area contributed by atoms with E-state index in [0.717, 1.165) is 50.6 Å². The average molecular weight is 465 g/mol. The zero-order chi connectivity index (χ0) is 20.3. The number of rotatable bonds is 0. The first-order valence-corrected chi connectivity index (χ1v) is 13.7. The average Bonchev–Trinajstić information content (AvgIpc) is 2.72. The zero-order valence-electron chi connectivity index (χ0n) is 16.0. The summed E-state index contributed by atoms with van der Waals surface area (Å²) < 4.78 is 0. The van der Waals surface area contributed by atoms with Gasteiger partial charge in [0.25, 0.3) is 0 Å². The number of carbonyl (C=O) groups is 2. The van der Waals surface area contributed by atoms with Crippen LogP contribution in [0.1, 0.15) is 6.42 Å². The lowest BCUT2D eigenvalue weighted by atomic mass is 10.3. The van der Waals surface area contributed by atoms with Crippen LogP contribution in [0.15, 0.2) is 58.3 Å². The second kappa shape index (κ2) is 12.5. The van der Waals surface area contributed by atoms with E-state index in [1.54, 1.807) is 47.0 Å². The first-order chi connectivity index (χ1) is 14.2. The van der Waals surface area contributed by atoms with E-state index in [2.05, 4.69) is 22.8 Å². The molecule has 0 aliphatic carbocycles. The maximum atomic E-state index is 12.2. The van der Waals surface area contributed by atoms with Crippen LogP contribution in [0, 0.1) is 0 Å². The molecule has 0 bridgehead atoms. The van der Waals surface area contributed by atoms with Crippen molar-refractivity contribution in [3.05, 3.63) is 48.5 Å². The van der Waals surface area contributed by atoms with Crippen LogP contribution in [0.5, 0.6) is 0 Å². The molecule has 0 unspecified atom stereocenters. The van der Waals surface area contributed by atoms with E-state index in [1.807, 2.05) is 36.4 Å². The van der Waals surface area contributed by atoms with E-state index in [1.165, 1.54) is 0 Å². The lowest BCUT2D eigenvalue weighted by Crippen LogP contribution is -2.16.